The van der Waals surface area contributed by atoms with Crippen LogP contribution in [0.15, 0.2) is 0 Å². The predicted molar refractivity (Wildman–Crippen MR) is 86.0 cm³/mol. The Morgan fingerprint density at radius 2 is 1.36 bits per heavy atom. The fourth-order valence-electron chi connectivity index (χ4n) is 1.71. The first-order valence-electron chi connectivity index (χ1n) is 8.21. The SMILES string of the molecule is CC(C)CC(=O)CCCOCCOCCOCC(=O)C(C)C. The van der Waals surface area contributed by atoms with Crippen molar-refractivity contribution in [2.75, 3.05) is 39.6 Å². The summed E-state index contributed by atoms with van der Waals surface area (Å²) in [6.45, 7) is 10.5. The van der Waals surface area contributed by atoms with E-state index in [-0.39, 0.29) is 18.3 Å². The van der Waals surface area contributed by atoms with Crippen LogP contribution in [0.3, 0.4) is 0 Å². The molecule has 0 saturated heterocycles. The highest BCUT2D eigenvalue weighted by Crippen LogP contribution is 2.04. The van der Waals surface area contributed by atoms with Crippen LogP contribution in [-0.4, -0.2) is 51.2 Å². The van der Waals surface area contributed by atoms with Crippen LogP contribution in [0.5, 0.6) is 0 Å². The van der Waals surface area contributed by atoms with Gasteiger partial charge in [-0.05, 0) is 12.3 Å². The fourth-order valence-corrected chi connectivity index (χ4v) is 1.71. The van der Waals surface area contributed by atoms with Crippen molar-refractivity contribution in [3.8, 4) is 0 Å². The van der Waals surface area contributed by atoms with Gasteiger partial charge in [-0.25, -0.2) is 0 Å². The first-order valence-corrected chi connectivity index (χ1v) is 8.21. The van der Waals surface area contributed by atoms with Gasteiger partial charge in [0.05, 0.1) is 26.4 Å². The third-order valence-corrected chi connectivity index (χ3v) is 3.01. The molecule has 0 aliphatic heterocycles. The van der Waals surface area contributed by atoms with Gasteiger partial charge in [0.25, 0.3) is 0 Å². The summed E-state index contributed by atoms with van der Waals surface area (Å²) in [4.78, 5) is 22.7. The Kier molecular flexibility index (Phi) is 13.4. The Bertz CT molecular complexity index is 299. The van der Waals surface area contributed by atoms with Crippen LogP contribution in [0.25, 0.3) is 0 Å². The van der Waals surface area contributed by atoms with Gasteiger partial charge in [0.2, 0.25) is 0 Å². The maximum atomic E-state index is 11.5. The molecule has 0 fully saturated rings. The molecule has 0 aromatic heterocycles. The number of hydrogen-bond acceptors (Lipinski definition) is 5. The number of rotatable bonds is 15. The third kappa shape index (κ3) is 14.2. The van der Waals surface area contributed by atoms with Gasteiger partial charge >= 0.3 is 0 Å². The van der Waals surface area contributed by atoms with Crippen molar-refractivity contribution in [2.24, 2.45) is 11.8 Å². The van der Waals surface area contributed by atoms with E-state index in [4.69, 9.17) is 14.2 Å². The monoisotopic (exact) mass is 316 g/mol. The molecule has 0 aromatic rings. The molecule has 0 bridgehead atoms. The van der Waals surface area contributed by atoms with Crippen molar-refractivity contribution < 1.29 is 23.8 Å². The van der Waals surface area contributed by atoms with Crippen LogP contribution in [-0.2, 0) is 23.8 Å². The molecule has 130 valence electrons. The summed E-state index contributed by atoms with van der Waals surface area (Å²) < 4.78 is 15.9. The number of ketones is 2. The van der Waals surface area contributed by atoms with Gasteiger partial charge in [0.15, 0.2) is 5.78 Å². The second-order valence-corrected chi connectivity index (χ2v) is 6.14. The molecule has 0 radical (unpaired) electrons. The van der Waals surface area contributed by atoms with Gasteiger partial charge in [0.1, 0.15) is 12.4 Å². The molecule has 0 saturated carbocycles. The molecule has 5 nitrogen and oxygen atoms in total. The van der Waals surface area contributed by atoms with E-state index in [1.54, 1.807) is 0 Å². The Morgan fingerprint density at radius 3 is 1.91 bits per heavy atom. The lowest BCUT2D eigenvalue weighted by atomic mass is 10.0. The number of Topliss-reactive ketones (excluding diaryl/α,β-unsaturated/α-hetero) is 2. The van der Waals surface area contributed by atoms with Crippen LogP contribution >= 0.6 is 0 Å². The molecule has 0 spiro atoms. The van der Waals surface area contributed by atoms with Crippen molar-refractivity contribution in [1.82, 2.24) is 0 Å². The molecule has 0 amide bonds. The quantitative estimate of drug-likeness (QED) is 0.435. The largest absolute Gasteiger partial charge is 0.379 e. The molecule has 0 aliphatic rings. The van der Waals surface area contributed by atoms with Gasteiger partial charge in [-0.3, -0.25) is 9.59 Å². The number of hydrogen-bond donors (Lipinski definition) is 0. The summed E-state index contributed by atoms with van der Waals surface area (Å²) >= 11 is 0. The van der Waals surface area contributed by atoms with Crippen molar-refractivity contribution in [2.45, 2.75) is 47.0 Å². The minimum atomic E-state index is 0.0155. The van der Waals surface area contributed by atoms with Crippen LogP contribution in [0.1, 0.15) is 47.0 Å². The van der Waals surface area contributed by atoms with Crippen molar-refractivity contribution >= 4 is 11.6 Å². The average Bonchev–Trinajstić information content (AvgIpc) is 2.43. The number of carbonyl (C=O) groups is 2. The van der Waals surface area contributed by atoms with Gasteiger partial charge in [-0.2, -0.15) is 0 Å². The van der Waals surface area contributed by atoms with Crippen molar-refractivity contribution in [1.29, 1.82) is 0 Å². The van der Waals surface area contributed by atoms with E-state index in [9.17, 15) is 9.59 Å². The second-order valence-electron chi connectivity index (χ2n) is 6.14. The van der Waals surface area contributed by atoms with E-state index in [1.165, 1.54) is 0 Å². The molecule has 0 rings (SSSR count). The van der Waals surface area contributed by atoms with E-state index < -0.39 is 0 Å². The molecule has 0 aliphatic carbocycles. The number of ether oxygens (including phenoxy) is 3. The maximum Gasteiger partial charge on any atom is 0.160 e. The highest BCUT2D eigenvalue weighted by atomic mass is 16.5. The maximum absolute atomic E-state index is 11.5. The summed E-state index contributed by atoms with van der Waals surface area (Å²) in [6.07, 6.45) is 2.02. The molecule has 0 unspecified atom stereocenters. The molecule has 22 heavy (non-hydrogen) atoms. The Hall–Kier alpha value is -0.780. The van der Waals surface area contributed by atoms with Gasteiger partial charge < -0.3 is 14.2 Å². The van der Waals surface area contributed by atoms with Crippen LogP contribution in [0.4, 0.5) is 0 Å². The van der Waals surface area contributed by atoms with E-state index in [2.05, 4.69) is 0 Å². The molecular weight excluding hydrogens is 284 g/mol. The predicted octanol–water partition coefficient (Wildman–Crippen LogP) is 2.66. The Morgan fingerprint density at radius 1 is 0.818 bits per heavy atom. The zero-order valence-electron chi connectivity index (χ0n) is 14.6. The first-order chi connectivity index (χ1) is 10.4. The van der Waals surface area contributed by atoms with Crippen LogP contribution in [0, 0.1) is 11.8 Å². The van der Waals surface area contributed by atoms with Gasteiger partial charge in [-0.15, -0.1) is 0 Å². The highest BCUT2D eigenvalue weighted by Gasteiger charge is 2.06. The van der Waals surface area contributed by atoms with Gasteiger partial charge in [0, 0.05) is 25.4 Å². The zero-order valence-corrected chi connectivity index (χ0v) is 14.6. The second kappa shape index (κ2) is 13.9. The lowest BCUT2D eigenvalue weighted by Crippen LogP contribution is -2.17. The van der Waals surface area contributed by atoms with Gasteiger partial charge in [-0.1, -0.05) is 27.7 Å². The molecule has 0 N–H and O–H groups in total. The molecular formula is C17H32O5. The topological polar surface area (TPSA) is 61.8 Å². The standard InChI is InChI=1S/C17H32O5/c1-14(2)12-16(18)6-5-7-20-8-9-21-10-11-22-13-17(19)15(3)4/h14-15H,5-13H2,1-4H3. The third-order valence-electron chi connectivity index (χ3n) is 3.01. The molecule has 0 atom stereocenters. The fraction of sp³-hybridized carbons (Fsp3) is 0.882. The molecule has 0 aromatic carbocycles. The van der Waals surface area contributed by atoms with E-state index >= 15 is 0 Å². The smallest absolute Gasteiger partial charge is 0.160 e. The Labute approximate surface area is 134 Å². The lowest BCUT2D eigenvalue weighted by molar-refractivity contribution is -0.127. The summed E-state index contributed by atoms with van der Waals surface area (Å²) in [5.74, 6) is 0.861. The minimum absolute atomic E-state index is 0.0155. The summed E-state index contributed by atoms with van der Waals surface area (Å²) in [6, 6.07) is 0. The van der Waals surface area contributed by atoms with E-state index in [1.807, 2.05) is 27.7 Å². The first kappa shape index (κ1) is 21.2. The highest BCUT2D eigenvalue weighted by molar-refractivity contribution is 5.81. The molecule has 0 heterocycles. The lowest BCUT2D eigenvalue weighted by Gasteiger charge is -2.08. The summed E-state index contributed by atoms with van der Waals surface area (Å²) in [5.41, 5.74) is 0. The van der Waals surface area contributed by atoms with Crippen molar-refractivity contribution in [3.05, 3.63) is 0 Å². The average molecular weight is 316 g/mol. The van der Waals surface area contributed by atoms with E-state index in [0.717, 1.165) is 6.42 Å². The van der Waals surface area contributed by atoms with Crippen molar-refractivity contribution in [3.63, 3.8) is 0 Å². The normalized spacial score (nSPS) is 11.4. The van der Waals surface area contributed by atoms with Crippen LogP contribution in [0.2, 0.25) is 0 Å². The van der Waals surface area contributed by atoms with Crippen LogP contribution < -0.4 is 0 Å². The number of carbonyl (C=O) groups excluding carboxylic acids is 2. The Balaban J connectivity index is 3.21. The summed E-state index contributed by atoms with van der Waals surface area (Å²) in [7, 11) is 0. The minimum Gasteiger partial charge on any atom is -0.379 e. The van der Waals surface area contributed by atoms with E-state index in [0.29, 0.717) is 57.6 Å². The zero-order chi connectivity index (χ0) is 16.8. The summed E-state index contributed by atoms with van der Waals surface area (Å²) in [5, 5.41) is 0. The molecule has 5 heteroatoms.